The van der Waals surface area contributed by atoms with Crippen molar-refractivity contribution in [2.24, 2.45) is 5.92 Å². The van der Waals surface area contributed by atoms with Crippen molar-refractivity contribution in [1.82, 2.24) is 0 Å². The van der Waals surface area contributed by atoms with Crippen LogP contribution in [0.4, 0.5) is 0 Å². The van der Waals surface area contributed by atoms with Crippen LogP contribution < -0.4 is 4.74 Å². The van der Waals surface area contributed by atoms with Gasteiger partial charge in [0.15, 0.2) is 6.29 Å². The van der Waals surface area contributed by atoms with E-state index in [9.17, 15) is 4.79 Å². The number of ether oxygens (including phenoxy) is 1. The molecule has 0 aliphatic heterocycles. The minimum atomic E-state index is 0.458. The van der Waals surface area contributed by atoms with Crippen molar-refractivity contribution >= 4 is 17.9 Å². The van der Waals surface area contributed by atoms with Crippen LogP contribution in [0.15, 0.2) is 18.2 Å². The van der Waals surface area contributed by atoms with Gasteiger partial charge in [0.05, 0.1) is 11.6 Å². The lowest BCUT2D eigenvalue weighted by atomic mass is 9.86. The van der Waals surface area contributed by atoms with Crippen LogP contribution in [0, 0.1) is 5.92 Å². The maximum absolute atomic E-state index is 10.7. The molecule has 1 aliphatic carbocycles. The summed E-state index contributed by atoms with van der Waals surface area (Å²) in [7, 11) is 0. The highest BCUT2D eigenvalue weighted by molar-refractivity contribution is 6.33. The lowest BCUT2D eigenvalue weighted by Crippen LogP contribution is -2.07. The van der Waals surface area contributed by atoms with E-state index in [-0.39, 0.29) is 0 Å². The maximum atomic E-state index is 10.7. The summed E-state index contributed by atoms with van der Waals surface area (Å²) in [5.41, 5.74) is 0.510. The number of benzene rings is 1. The van der Waals surface area contributed by atoms with Crippen molar-refractivity contribution in [3.8, 4) is 5.75 Å². The lowest BCUT2D eigenvalue weighted by Gasteiger charge is -2.21. The Kier molecular flexibility index (Phi) is 6.38. The lowest BCUT2D eigenvalue weighted by molar-refractivity contribution is 0.112. The molecule has 0 radical (unpaired) electrons. The first-order valence-corrected chi connectivity index (χ1v) is 8.05. The van der Waals surface area contributed by atoms with Crippen LogP contribution in [-0.2, 0) is 0 Å². The van der Waals surface area contributed by atoms with E-state index in [1.54, 1.807) is 18.2 Å². The minimum absolute atomic E-state index is 0.458. The summed E-state index contributed by atoms with van der Waals surface area (Å²) < 4.78 is 5.68. The van der Waals surface area contributed by atoms with Crippen LogP contribution in [0.25, 0.3) is 0 Å². The zero-order chi connectivity index (χ0) is 14.2. The van der Waals surface area contributed by atoms with E-state index < -0.39 is 0 Å². The van der Waals surface area contributed by atoms with Gasteiger partial charge in [0, 0.05) is 5.56 Å². The molecular weight excluding hydrogens is 272 g/mol. The van der Waals surface area contributed by atoms with E-state index in [4.69, 9.17) is 16.3 Å². The van der Waals surface area contributed by atoms with E-state index in [0.29, 0.717) is 10.6 Å². The van der Waals surface area contributed by atoms with Crippen molar-refractivity contribution in [1.29, 1.82) is 0 Å². The number of rotatable bonds is 7. The SMILES string of the molecule is O=Cc1ccc(OCCCCC2CCCCC2)cc1Cl. The summed E-state index contributed by atoms with van der Waals surface area (Å²) in [4.78, 5) is 10.7. The van der Waals surface area contributed by atoms with E-state index >= 15 is 0 Å². The van der Waals surface area contributed by atoms with Crippen molar-refractivity contribution in [2.75, 3.05) is 6.61 Å². The van der Waals surface area contributed by atoms with E-state index in [1.165, 1.54) is 44.9 Å². The van der Waals surface area contributed by atoms with Gasteiger partial charge < -0.3 is 4.74 Å². The minimum Gasteiger partial charge on any atom is -0.494 e. The second kappa shape index (κ2) is 8.31. The number of hydrogen-bond acceptors (Lipinski definition) is 2. The third kappa shape index (κ3) is 4.82. The first-order valence-electron chi connectivity index (χ1n) is 7.67. The molecule has 0 heterocycles. The largest absolute Gasteiger partial charge is 0.494 e. The van der Waals surface area contributed by atoms with Crippen LogP contribution in [0.5, 0.6) is 5.75 Å². The Morgan fingerprint density at radius 2 is 2.00 bits per heavy atom. The van der Waals surface area contributed by atoms with Crippen LogP contribution in [0.3, 0.4) is 0 Å². The Morgan fingerprint density at radius 1 is 1.20 bits per heavy atom. The summed E-state index contributed by atoms with van der Waals surface area (Å²) in [6.07, 6.45) is 11.5. The normalized spacial score (nSPS) is 16.1. The Morgan fingerprint density at radius 3 is 2.70 bits per heavy atom. The third-order valence-corrected chi connectivity index (χ3v) is 4.43. The quantitative estimate of drug-likeness (QED) is 0.505. The van der Waals surface area contributed by atoms with Crippen molar-refractivity contribution < 1.29 is 9.53 Å². The van der Waals surface area contributed by atoms with Gasteiger partial charge in [-0.1, -0.05) is 50.1 Å². The molecule has 20 heavy (non-hydrogen) atoms. The van der Waals surface area contributed by atoms with Crippen LogP contribution in [0.1, 0.15) is 61.7 Å². The van der Waals surface area contributed by atoms with Gasteiger partial charge in [-0.05, 0) is 37.0 Å². The number of carbonyl (C=O) groups excluding carboxylic acids is 1. The molecule has 0 amide bonds. The second-order valence-electron chi connectivity index (χ2n) is 5.65. The fourth-order valence-electron chi connectivity index (χ4n) is 2.89. The maximum Gasteiger partial charge on any atom is 0.151 e. The molecule has 1 aromatic rings. The van der Waals surface area contributed by atoms with Gasteiger partial charge in [0.25, 0.3) is 0 Å². The zero-order valence-corrected chi connectivity index (χ0v) is 12.7. The number of hydrogen-bond donors (Lipinski definition) is 0. The van der Waals surface area contributed by atoms with Crippen LogP contribution >= 0.6 is 11.6 Å². The fourth-order valence-corrected chi connectivity index (χ4v) is 3.11. The molecule has 0 unspecified atom stereocenters. The molecule has 2 nitrogen and oxygen atoms in total. The zero-order valence-electron chi connectivity index (χ0n) is 11.9. The summed E-state index contributed by atoms with van der Waals surface area (Å²) >= 11 is 5.96. The molecule has 0 N–H and O–H groups in total. The Balaban J connectivity index is 1.63. The first-order chi connectivity index (χ1) is 9.79. The molecule has 1 aliphatic rings. The van der Waals surface area contributed by atoms with Gasteiger partial charge in [0.1, 0.15) is 5.75 Å². The summed E-state index contributed by atoms with van der Waals surface area (Å²) in [5, 5.41) is 0.458. The first kappa shape index (κ1) is 15.4. The molecule has 110 valence electrons. The molecule has 1 fully saturated rings. The van der Waals surface area contributed by atoms with Gasteiger partial charge in [-0.3, -0.25) is 4.79 Å². The predicted molar refractivity (Wildman–Crippen MR) is 82.8 cm³/mol. The van der Waals surface area contributed by atoms with Crippen LogP contribution in [-0.4, -0.2) is 12.9 Å². The third-order valence-electron chi connectivity index (χ3n) is 4.10. The fraction of sp³-hybridized carbons (Fsp3) is 0.588. The summed E-state index contributed by atoms with van der Waals surface area (Å²) in [5.74, 6) is 1.70. The highest BCUT2D eigenvalue weighted by Crippen LogP contribution is 2.27. The predicted octanol–water partition coefficient (Wildman–Crippen LogP) is 5.28. The number of carbonyl (C=O) groups is 1. The number of halogens is 1. The molecule has 1 saturated carbocycles. The molecule has 0 atom stereocenters. The van der Waals surface area contributed by atoms with Gasteiger partial charge in [0.2, 0.25) is 0 Å². The van der Waals surface area contributed by atoms with E-state index in [1.807, 2.05) is 0 Å². The van der Waals surface area contributed by atoms with Crippen LogP contribution in [0.2, 0.25) is 5.02 Å². The van der Waals surface area contributed by atoms with Gasteiger partial charge in [-0.15, -0.1) is 0 Å². The Hall–Kier alpha value is -1.02. The summed E-state index contributed by atoms with van der Waals surface area (Å²) in [6.45, 7) is 0.726. The average molecular weight is 295 g/mol. The van der Waals surface area contributed by atoms with Gasteiger partial charge in [-0.2, -0.15) is 0 Å². The standard InChI is InChI=1S/C17H23ClO2/c18-17-12-16(10-9-15(17)13-19)20-11-5-4-8-14-6-2-1-3-7-14/h9-10,12-14H,1-8,11H2. The molecule has 0 bridgehead atoms. The Labute approximate surface area is 126 Å². The highest BCUT2D eigenvalue weighted by Gasteiger charge is 2.12. The molecule has 0 spiro atoms. The average Bonchev–Trinajstić information content (AvgIpc) is 2.48. The highest BCUT2D eigenvalue weighted by atomic mass is 35.5. The number of unbranched alkanes of at least 4 members (excludes halogenated alkanes) is 1. The molecule has 2 rings (SSSR count). The smallest absolute Gasteiger partial charge is 0.151 e. The van der Waals surface area contributed by atoms with E-state index in [2.05, 4.69) is 0 Å². The molecule has 0 saturated heterocycles. The molecule has 3 heteroatoms. The topological polar surface area (TPSA) is 26.3 Å². The van der Waals surface area contributed by atoms with Gasteiger partial charge in [-0.25, -0.2) is 0 Å². The second-order valence-corrected chi connectivity index (χ2v) is 6.06. The van der Waals surface area contributed by atoms with Crippen molar-refractivity contribution in [3.63, 3.8) is 0 Å². The van der Waals surface area contributed by atoms with Crippen molar-refractivity contribution in [2.45, 2.75) is 51.4 Å². The van der Waals surface area contributed by atoms with E-state index in [0.717, 1.165) is 31.0 Å². The molecule has 0 aromatic heterocycles. The summed E-state index contributed by atoms with van der Waals surface area (Å²) in [6, 6.07) is 5.22. The van der Waals surface area contributed by atoms with Crippen molar-refractivity contribution in [3.05, 3.63) is 28.8 Å². The monoisotopic (exact) mass is 294 g/mol. The molecule has 1 aromatic carbocycles. The van der Waals surface area contributed by atoms with Gasteiger partial charge >= 0.3 is 0 Å². The molecular formula is C17H23ClO2. The Bertz CT molecular complexity index is 425. The number of aldehydes is 1.